The van der Waals surface area contributed by atoms with Crippen molar-refractivity contribution in [3.63, 3.8) is 0 Å². The predicted octanol–water partition coefficient (Wildman–Crippen LogP) is 3.79. The standard InChI is InChI=1S/C17H15ClN4O/c1-11-6-8-13(9-7-11)22-10-16(20-21-22)17(23)19-15-5-3-4-14(18)12(15)2/h3-10H,1-2H3,(H,19,23). The minimum Gasteiger partial charge on any atom is -0.320 e. The largest absolute Gasteiger partial charge is 0.320 e. The molecule has 0 aliphatic heterocycles. The Hall–Kier alpha value is -2.66. The summed E-state index contributed by atoms with van der Waals surface area (Å²) in [7, 11) is 0. The molecule has 0 aliphatic carbocycles. The number of carbonyl (C=O) groups is 1. The fourth-order valence-corrected chi connectivity index (χ4v) is 2.30. The average molecular weight is 327 g/mol. The lowest BCUT2D eigenvalue weighted by molar-refractivity contribution is 0.102. The third-order valence-electron chi connectivity index (χ3n) is 3.54. The highest BCUT2D eigenvalue weighted by Gasteiger charge is 2.13. The van der Waals surface area contributed by atoms with E-state index in [1.165, 1.54) is 0 Å². The van der Waals surface area contributed by atoms with Gasteiger partial charge in [0.15, 0.2) is 5.69 Å². The Labute approximate surface area is 138 Å². The molecule has 1 amide bonds. The van der Waals surface area contributed by atoms with Gasteiger partial charge in [0.1, 0.15) is 0 Å². The first kappa shape index (κ1) is 15.2. The lowest BCUT2D eigenvalue weighted by Gasteiger charge is -2.07. The Balaban J connectivity index is 1.81. The maximum Gasteiger partial charge on any atom is 0.277 e. The van der Waals surface area contributed by atoms with E-state index in [1.807, 2.05) is 38.1 Å². The van der Waals surface area contributed by atoms with Crippen molar-refractivity contribution in [3.05, 3.63) is 70.5 Å². The number of anilines is 1. The second-order valence-corrected chi connectivity index (χ2v) is 5.66. The van der Waals surface area contributed by atoms with Gasteiger partial charge < -0.3 is 5.32 Å². The maximum atomic E-state index is 12.3. The first-order valence-electron chi connectivity index (χ1n) is 7.10. The molecule has 3 aromatic rings. The topological polar surface area (TPSA) is 59.8 Å². The normalized spacial score (nSPS) is 10.6. The van der Waals surface area contributed by atoms with Crippen LogP contribution in [0.2, 0.25) is 5.02 Å². The van der Waals surface area contributed by atoms with Crippen LogP contribution in [0.5, 0.6) is 0 Å². The molecule has 0 unspecified atom stereocenters. The molecule has 0 fully saturated rings. The van der Waals surface area contributed by atoms with E-state index in [2.05, 4.69) is 15.6 Å². The van der Waals surface area contributed by atoms with Gasteiger partial charge in [0, 0.05) is 10.7 Å². The number of rotatable bonds is 3. The van der Waals surface area contributed by atoms with E-state index < -0.39 is 0 Å². The van der Waals surface area contributed by atoms with Gasteiger partial charge in [-0.3, -0.25) is 4.79 Å². The third-order valence-corrected chi connectivity index (χ3v) is 3.95. The van der Waals surface area contributed by atoms with E-state index in [0.717, 1.165) is 16.8 Å². The van der Waals surface area contributed by atoms with E-state index in [0.29, 0.717) is 10.7 Å². The summed E-state index contributed by atoms with van der Waals surface area (Å²) in [6, 6.07) is 13.2. The van der Waals surface area contributed by atoms with Gasteiger partial charge in [-0.15, -0.1) is 5.10 Å². The van der Waals surface area contributed by atoms with Crippen molar-refractivity contribution in [3.8, 4) is 5.69 Å². The number of halogens is 1. The molecule has 0 saturated carbocycles. The van der Waals surface area contributed by atoms with Crippen LogP contribution in [0.1, 0.15) is 21.6 Å². The van der Waals surface area contributed by atoms with Crippen LogP contribution >= 0.6 is 11.6 Å². The minimum absolute atomic E-state index is 0.241. The van der Waals surface area contributed by atoms with E-state index >= 15 is 0 Å². The molecule has 0 radical (unpaired) electrons. The molecule has 2 aromatic carbocycles. The molecule has 6 heteroatoms. The molecular weight excluding hydrogens is 312 g/mol. The van der Waals surface area contributed by atoms with Crippen LogP contribution in [0, 0.1) is 13.8 Å². The zero-order chi connectivity index (χ0) is 16.4. The Morgan fingerprint density at radius 3 is 2.61 bits per heavy atom. The Morgan fingerprint density at radius 1 is 1.13 bits per heavy atom. The number of aromatic nitrogens is 3. The van der Waals surface area contributed by atoms with Crippen molar-refractivity contribution >= 4 is 23.2 Å². The Morgan fingerprint density at radius 2 is 1.87 bits per heavy atom. The smallest absolute Gasteiger partial charge is 0.277 e. The highest BCUT2D eigenvalue weighted by atomic mass is 35.5. The molecular formula is C17H15ClN4O. The molecule has 1 aromatic heterocycles. The van der Waals surface area contributed by atoms with Crippen LogP contribution < -0.4 is 5.32 Å². The molecule has 23 heavy (non-hydrogen) atoms. The molecule has 0 atom stereocenters. The molecule has 1 N–H and O–H groups in total. The second-order valence-electron chi connectivity index (χ2n) is 5.25. The molecule has 0 aliphatic rings. The number of carbonyl (C=O) groups excluding carboxylic acids is 1. The lowest BCUT2D eigenvalue weighted by Crippen LogP contribution is -2.13. The molecule has 3 rings (SSSR count). The number of nitrogens with zero attached hydrogens (tertiary/aromatic N) is 3. The number of amides is 1. The molecule has 0 saturated heterocycles. The highest BCUT2D eigenvalue weighted by Crippen LogP contribution is 2.23. The third kappa shape index (κ3) is 3.24. The van der Waals surface area contributed by atoms with Gasteiger partial charge in [-0.2, -0.15) is 0 Å². The number of hydrogen-bond acceptors (Lipinski definition) is 3. The van der Waals surface area contributed by atoms with Crippen LogP contribution in [0.25, 0.3) is 5.69 Å². The van der Waals surface area contributed by atoms with Gasteiger partial charge in [-0.25, -0.2) is 4.68 Å². The number of benzene rings is 2. The summed E-state index contributed by atoms with van der Waals surface area (Å²) < 4.78 is 1.57. The van der Waals surface area contributed by atoms with Crippen molar-refractivity contribution < 1.29 is 4.79 Å². The maximum absolute atomic E-state index is 12.3. The number of nitrogens with one attached hydrogen (secondary N) is 1. The average Bonchev–Trinajstić information content (AvgIpc) is 3.02. The van der Waals surface area contributed by atoms with Crippen molar-refractivity contribution in [2.75, 3.05) is 5.32 Å². The zero-order valence-corrected chi connectivity index (χ0v) is 13.5. The van der Waals surface area contributed by atoms with Crippen LogP contribution in [0.4, 0.5) is 5.69 Å². The number of hydrogen-bond donors (Lipinski definition) is 1. The SMILES string of the molecule is Cc1ccc(-n2cc(C(=O)Nc3cccc(Cl)c3C)nn2)cc1. The van der Waals surface area contributed by atoms with Crippen LogP contribution in [0.15, 0.2) is 48.7 Å². The number of aryl methyl sites for hydroxylation is 1. The molecule has 0 spiro atoms. The summed E-state index contributed by atoms with van der Waals surface area (Å²) in [5.74, 6) is -0.325. The molecule has 5 nitrogen and oxygen atoms in total. The van der Waals surface area contributed by atoms with E-state index in [9.17, 15) is 4.79 Å². The predicted molar refractivity (Wildman–Crippen MR) is 90.2 cm³/mol. The quantitative estimate of drug-likeness (QED) is 0.796. The van der Waals surface area contributed by atoms with Crippen molar-refractivity contribution in [2.45, 2.75) is 13.8 Å². The van der Waals surface area contributed by atoms with Crippen LogP contribution in [0.3, 0.4) is 0 Å². The van der Waals surface area contributed by atoms with E-state index in [1.54, 1.807) is 29.1 Å². The molecule has 1 heterocycles. The summed E-state index contributed by atoms with van der Waals surface area (Å²) in [6.07, 6.45) is 1.60. The fourth-order valence-electron chi connectivity index (χ4n) is 2.12. The summed E-state index contributed by atoms with van der Waals surface area (Å²) in [5.41, 5.74) is 3.72. The summed E-state index contributed by atoms with van der Waals surface area (Å²) in [4.78, 5) is 12.3. The first-order chi connectivity index (χ1) is 11.0. The van der Waals surface area contributed by atoms with Crippen LogP contribution in [-0.2, 0) is 0 Å². The summed E-state index contributed by atoms with van der Waals surface area (Å²) in [6.45, 7) is 3.86. The van der Waals surface area contributed by atoms with E-state index in [-0.39, 0.29) is 11.6 Å². The van der Waals surface area contributed by atoms with E-state index in [4.69, 9.17) is 11.6 Å². The fraction of sp³-hybridized carbons (Fsp3) is 0.118. The second kappa shape index (κ2) is 6.22. The molecule has 0 bridgehead atoms. The van der Waals surface area contributed by atoms with Crippen LogP contribution in [-0.4, -0.2) is 20.9 Å². The van der Waals surface area contributed by atoms with Gasteiger partial charge in [0.2, 0.25) is 0 Å². The van der Waals surface area contributed by atoms with Gasteiger partial charge in [-0.05, 0) is 43.7 Å². The van der Waals surface area contributed by atoms with Gasteiger partial charge in [-0.1, -0.05) is 40.6 Å². The first-order valence-corrected chi connectivity index (χ1v) is 7.48. The van der Waals surface area contributed by atoms with Gasteiger partial charge >= 0.3 is 0 Å². The van der Waals surface area contributed by atoms with Crippen molar-refractivity contribution in [2.24, 2.45) is 0 Å². The Kier molecular flexibility index (Phi) is 4.12. The summed E-state index contributed by atoms with van der Waals surface area (Å²) in [5, 5.41) is 11.3. The van der Waals surface area contributed by atoms with Crippen molar-refractivity contribution in [1.29, 1.82) is 0 Å². The monoisotopic (exact) mass is 326 g/mol. The van der Waals surface area contributed by atoms with Gasteiger partial charge in [0.25, 0.3) is 5.91 Å². The lowest BCUT2D eigenvalue weighted by atomic mass is 10.2. The summed E-state index contributed by atoms with van der Waals surface area (Å²) >= 11 is 6.06. The van der Waals surface area contributed by atoms with Gasteiger partial charge in [0.05, 0.1) is 11.9 Å². The minimum atomic E-state index is -0.325. The van der Waals surface area contributed by atoms with Crippen molar-refractivity contribution in [1.82, 2.24) is 15.0 Å². The zero-order valence-electron chi connectivity index (χ0n) is 12.7. The Bertz CT molecular complexity index is 855. The highest BCUT2D eigenvalue weighted by molar-refractivity contribution is 6.31. The molecule has 116 valence electrons.